The summed E-state index contributed by atoms with van der Waals surface area (Å²) in [5.41, 5.74) is -0.0961. The fourth-order valence-corrected chi connectivity index (χ4v) is 1.75. The molecule has 1 fully saturated rings. The minimum absolute atomic E-state index is 0.0961. The van der Waals surface area contributed by atoms with Crippen molar-refractivity contribution >= 4 is 6.29 Å². The lowest BCUT2D eigenvalue weighted by Crippen LogP contribution is -2.01. The van der Waals surface area contributed by atoms with Gasteiger partial charge in [-0.15, -0.1) is 0 Å². The Labute approximate surface area is 112 Å². The first kappa shape index (κ1) is 12.7. The lowest BCUT2D eigenvalue weighted by Gasteiger charge is -2.06. The van der Waals surface area contributed by atoms with Crippen molar-refractivity contribution in [3.8, 4) is 5.75 Å². The van der Waals surface area contributed by atoms with Crippen LogP contribution in [-0.4, -0.2) is 16.4 Å². The quantitative estimate of drug-likeness (QED) is 0.788. The van der Waals surface area contributed by atoms with Crippen LogP contribution in [0.15, 0.2) is 16.7 Å². The largest absolute Gasteiger partial charge is 0.478 e. The Morgan fingerprint density at radius 3 is 2.65 bits per heavy atom. The lowest BCUT2D eigenvalue weighted by molar-refractivity contribution is 0.112. The van der Waals surface area contributed by atoms with Gasteiger partial charge >= 0.3 is 0 Å². The van der Waals surface area contributed by atoms with Gasteiger partial charge < -0.3 is 9.26 Å². The Kier molecular flexibility index (Phi) is 3.17. The van der Waals surface area contributed by atoms with E-state index in [9.17, 15) is 13.6 Å². The summed E-state index contributed by atoms with van der Waals surface area (Å²) in [6.45, 7) is -0.228. The van der Waals surface area contributed by atoms with Crippen LogP contribution in [0.2, 0.25) is 0 Å². The number of nitrogens with zero attached hydrogens (tertiary/aromatic N) is 2. The predicted molar refractivity (Wildman–Crippen MR) is 62.4 cm³/mol. The van der Waals surface area contributed by atoms with Gasteiger partial charge in [0.2, 0.25) is 0 Å². The van der Waals surface area contributed by atoms with E-state index in [0.717, 1.165) is 25.0 Å². The summed E-state index contributed by atoms with van der Waals surface area (Å²) < 4.78 is 37.0. The first-order valence-electron chi connectivity index (χ1n) is 6.07. The van der Waals surface area contributed by atoms with Gasteiger partial charge in [-0.1, -0.05) is 5.16 Å². The van der Waals surface area contributed by atoms with E-state index in [1.165, 1.54) is 0 Å². The molecule has 0 radical (unpaired) electrons. The van der Waals surface area contributed by atoms with Crippen LogP contribution >= 0.6 is 0 Å². The molecule has 0 amide bonds. The van der Waals surface area contributed by atoms with Crippen molar-refractivity contribution in [1.82, 2.24) is 10.1 Å². The van der Waals surface area contributed by atoms with Crippen molar-refractivity contribution in [1.29, 1.82) is 0 Å². The van der Waals surface area contributed by atoms with E-state index in [-0.39, 0.29) is 18.1 Å². The van der Waals surface area contributed by atoms with Gasteiger partial charge in [-0.3, -0.25) is 4.79 Å². The van der Waals surface area contributed by atoms with Crippen LogP contribution in [0, 0.1) is 11.6 Å². The van der Waals surface area contributed by atoms with Gasteiger partial charge in [-0.25, -0.2) is 8.78 Å². The molecule has 3 rings (SSSR count). The molecule has 5 nitrogen and oxygen atoms in total. The number of carbonyl (C=O) groups is 1. The average Bonchev–Trinajstić information content (AvgIpc) is 3.17. The Bertz CT molecular complexity index is 630. The minimum atomic E-state index is -0.950. The van der Waals surface area contributed by atoms with Gasteiger partial charge in [0, 0.05) is 11.5 Å². The summed E-state index contributed by atoms with van der Waals surface area (Å²) in [6, 6.07) is 1.80. The Morgan fingerprint density at radius 2 is 2.05 bits per heavy atom. The molecule has 0 atom stereocenters. The van der Waals surface area contributed by atoms with Crippen LogP contribution < -0.4 is 4.74 Å². The highest BCUT2D eigenvalue weighted by molar-refractivity contribution is 5.75. The van der Waals surface area contributed by atoms with Crippen LogP contribution in [0.3, 0.4) is 0 Å². The lowest BCUT2D eigenvalue weighted by atomic mass is 10.2. The van der Waals surface area contributed by atoms with Crippen LogP contribution in [0.1, 0.15) is 40.8 Å². The molecule has 0 bridgehead atoms. The second kappa shape index (κ2) is 4.99. The van der Waals surface area contributed by atoms with Gasteiger partial charge in [0.25, 0.3) is 5.89 Å². The molecule has 0 spiro atoms. The highest BCUT2D eigenvalue weighted by atomic mass is 19.1. The number of benzene rings is 1. The third-order valence-electron chi connectivity index (χ3n) is 2.92. The molecule has 1 saturated carbocycles. The van der Waals surface area contributed by atoms with E-state index in [1.807, 2.05) is 0 Å². The summed E-state index contributed by atoms with van der Waals surface area (Å²) in [5.74, 6) is -1.39. The highest BCUT2D eigenvalue weighted by Crippen LogP contribution is 2.38. The summed E-state index contributed by atoms with van der Waals surface area (Å²) in [4.78, 5) is 14.5. The topological polar surface area (TPSA) is 65.2 Å². The number of hydrogen-bond donors (Lipinski definition) is 0. The third kappa shape index (κ3) is 2.52. The Balaban J connectivity index is 1.72. The molecular weight excluding hydrogens is 270 g/mol. The molecule has 1 heterocycles. The standard InChI is InChI=1S/C13H10F2N2O3/c14-9-3-7(5-18)4-10(15)12(9)19-6-11-16-13(17-20-11)8-1-2-8/h3-5,8H,1-2,6H2. The molecule has 1 aliphatic rings. The second-order valence-corrected chi connectivity index (χ2v) is 4.54. The minimum Gasteiger partial charge on any atom is -0.478 e. The first-order valence-corrected chi connectivity index (χ1v) is 6.07. The fourth-order valence-electron chi connectivity index (χ4n) is 1.75. The van der Waals surface area contributed by atoms with Gasteiger partial charge in [0.05, 0.1) is 0 Å². The number of aromatic nitrogens is 2. The van der Waals surface area contributed by atoms with Gasteiger partial charge in [0.1, 0.15) is 6.29 Å². The number of halogens is 2. The molecule has 20 heavy (non-hydrogen) atoms. The smallest absolute Gasteiger partial charge is 0.264 e. The van der Waals surface area contributed by atoms with E-state index in [4.69, 9.17) is 9.26 Å². The summed E-state index contributed by atoms with van der Waals surface area (Å²) in [5, 5.41) is 3.76. The van der Waals surface area contributed by atoms with Crippen LogP contribution in [0.4, 0.5) is 8.78 Å². The molecule has 0 N–H and O–H groups in total. The maximum atomic E-state index is 13.6. The van der Waals surface area contributed by atoms with E-state index in [0.29, 0.717) is 18.0 Å². The molecule has 1 aromatic carbocycles. The molecule has 7 heteroatoms. The Morgan fingerprint density at radius 1 is 1.35 bits per heavy atom. The normalized spacial score (nSPS) is 14.3. The van der Waals surface area contributed by atoms with Crippen molar-refractivity contribution in [3.63, 3.8) is 0 Å². The number of hydrogen-bond acceptors (Lipinski definition) is 5. The van der Waals surface area contributed by atoms with E-state index in [2.05, 4.69) is 10.1 Å². The monoisotopic (exact) mass is 280 g/mol. The zero-order valence-corrected chi connectivity index (χ0v) is 10.3. The zero-order valence-electron chi connectivity index (χ0n) is 10.3. The van der Waals surface area contributed by atoms with E-state index in [1.54, 1.807) is 0 Å². The fraction of sp³-hybridized carbons (Fsp3) is 0.308. The number of carbonyl (C=O) groups excluding carboxylic acids is 1. The van der Waals surface area contributed by atoms with E-state index >= 15 is 0 Å². The summed E-state index contributed by atoms with van der Waals surface area (Å²) in [6.07, 6.45) is 2.41. The van der Waals surface area contributed by atoms with Crippen molar-refractivity contribution in [2.75, 3.05) is 0 Å². The van der Waals surface area contributed by atoms with Crippen molar-refractivity contribution < 1.29 is 22.8 Å². The third-order valence-corrected chi connectivity index (χ3v) is 2.92. The molecule has 0 unspecified atom stereocenters. The predicted octanol–water partition coefficient (Wildman–Crippen LogP) is 2.62. The number of aldehydes is 1. The van der Waals surface area contributed by atoms with E-state index < -0.39 is 17.4 Å². The Hall–Kier alpha value is -2.31. The van der Waals surface area contributed by atoms with Gasteiger partial charge in [0.15, 0.2) is 29.8 Å². The molecule has 1 aliphatic carbocycles. The van der Waals surface area contributed by atoms with Crippen LogP contribution in [0.25, 0.3) is 0 Å². The van der Waals surface area contributed by atoms with Crippen LogP contribution in [0.5, 0.6) is 5.75 Å². The first-order chi connectivity index (χ1) is 9.67. The SMILES string of the molecule is O=Cc1cc(F)c(OCc2nc(C3CC3)no2)c(F)c1. The van der Waals surface area contributed by atoms with Gasteiger partial charge in [-0.2, -0.15) is 4.98 Å². The molecule has 2 aromatic rings. The van der Waals surface area contributed by atoms with Crippen molar-refractivity contribution in [2.24, 2.45) is 0 Å². The maximum absolute atomic E-state index is 13.6. The number of rotatable bonds is 5. The second-order valence-electron chi connectivity index (χ2n) is 4.54. The average molecular weight is 280 g/mol. The maximum Gasteiger partial charge on any atom is 0.264 e. The molecule has 0 aliphatic heterocycles. The van der Waals surface area contributed by atoms with Gasteiger partial charge in [-0.05, 0) is 25.0 Å². The van der Waals surface area contributed by atoms with Crippen molar-refractivity contribution in [3.05, 3.63) is 41.0 Å². The summed E-state index contributed by atoms with van der Waals surface area (Å²) in [7, 11) is 0. The number of ether oxygens (including phenoxy) is 1. The molecule has 104 valence electrons. The zero-order chi connectivity index (χ0) is 14.1. The van der Waals surface area contributed by atoms with Crippen molar-refractivity contribution in [2.45, 2.75) is 25.4 Å². The highest BCUT2D eigenvalue weighted by Gasteiger charge is 2.28. The summed E-state index contributed by atoms with van der Waals surface area (Å²) >= 11 is 0. The van der Waals surface area contributed by atoms with Crippen LogP contribution in [-0.2, 0) is 6.61 Å². The molecule has 0 saturated heterocycles. The molecular formula is C13H10F2N2O3. The molecule has 1 aromatic heterocycles.